The molecule has 0 atom stereocenters. The van der Waals surface area contributed by atoms with Crippen LogP contribution in [0, 0.1) is 13.8 Å². The van der Waals surface area contributed by atoms with Crippen molar-refractivity contribution in [2.45, 2.75) is 33.9 Å². The van der Waals surface area contributed by atoms with E-state index in [2.05, 4.69) is 10.4 Å². The molecule has 0 aliphatic rings. The van der Waals surface area contributed by atoms with Crippen LogP contribution in [0.4, 0.5) is 5.69 Å². The van der Waals surface area contributed by atoms with Gasteiger partial charge in [0.2, 0.25) is 0 Å². The van der Waals surface area contributed by atoms with E-state index in [0.29, 0.717) is 25.3 Å². The molecule has 0 aliphatic carbocycles. The Morgan fingerprint density at radius 2 is 1.58 bits per heavy atom. The van der Waals surface area contributed by atoms with Crippen LogP contribution in [0.2, 0.25) is 0 Å². The molecule has 4 aromatic rings. The molecule has 0 unspecified atom stereocenters. The summed E-state index contributed by atoms with van der Waals surface area (Å²) < 4.78 is 18.6. The molecule has 1 N–H and O–H groups in total. The van der Waals surface area contributed by atoms with Gasteiger partial charge in [0, 0.05) is 5.56 Å². The van der Waals surface area contributed by atoms with Gasteiger partial charge in [0.1, 0.15) is 23.9 Å². The van der Waals surface area contributed by atoms with Gasteiger partial charge in [-0.2, -0.15) is 5.10 Å². The van der Waals surface area contributed by atoms with Gasteiger partial charge >= 0.3 is 0 Å². The fourth-order valence-electron chi connectivity index (χ4n) is 3.93. The third-order valence-corrected chi connectivity index (χ3v) is 5.82. The molecule has 0 saturated carbocycles. The number of carbonyl (C=O) groups excluding carboxylic acids is 1. The van der Waals surface area contributed by atoms with E-state index in [0.717, 1.165) is 45.5 Å². The molecule has 1 aromatic heterocycles. The number of methoxy groups -OCH3 is 1. The van der Waals surface area contributed by atoms with Gasteiger partial charge in [-0.1, -0.05) is 24.3 Å². The minimum Gasteiger partial charge on any atom is -0.497 e. The number of aryl methyl sites for hydroxylation is 1. The Morgan fingerprint density at radius 1 is 0.889 bits per heavy atom. The molecule has 7 nitrogen and oxygen atoms in total. The zero-order chi connectivity index (χ0) is 25.5. The quantitative estimate of drug-likeness (QED) is 0.308. The normalized spacial score (nSPS) is 10.7. The summed E-state index contributed by atoms with van der Waals surface area (Å²) in [6.45, 7) is 7.36. The highest BCUT2D eigenvalue weighted by Crippen LogP contribution is 2.23. The van der Waals surface area contributed by atoms with Gasteiger partial charge in [-0.3, -0.25) is 9.48 Å². The molecule has 4 rings (SSSR count). The summed E-state index contributed by atoms with van der Waals surface area (Å²) in [5, 5.41) is 7.68. The first-order valence-corrected chi connectivity index (χ1v) is 11.9. The van der Waals surface area contributed by atoms with Crippen molar-refractivity contribution in [3.8, 4) is 17.2 Å². The number of benzene rings is 3. The Morgan fingerprint density at radius 3 is 2.31 bits per heavy atom. The molecule has 0 aliphatic heterocycles. The van der Waals surface area contributed by atoms with Crippen LogP contribution in [0.3, 0.4) is 0 Å². The average molecular weight is 486 g/mol. The van der Waals surface area contributed by atoms with Crippen molar-refractivity contribution in [1.82, 2.24) is 9.78 Å². The Bertz CT molecular complexity index is 1330. The molecule has 0 bridgehead atoms. The molecular weight excluding hydrogens is 454 g/mol. The van der Waals surface area contributed by atoms with Gasteiger partial charge in [0.05, 0.1) is 37.3 Å². The largest absolute Gasteiger partial charge is 0.497 e. The van der Waals surface area contributed by atoms with Crippen LogP contribution in [0.15, 0.2) is 72.8 Å². The first-order chi connectivity index (χ1) is 17.5. The number of nitrogens with zero attached hydrogens (tertiary/aromatic N) is 2. The maximum atomic E-state index is 13.1. The number of amides is 1. The fraction of sp³-hybridized carbons (Fsp3) is 0.241. The lowest BCUT2D eigenvalue weighted by Gasteiger charge is -2.10. The number of ether oxygens (including phenoxy) is 3. The number of aromatic nitrogens is 2. The van der Waals surface area contributed by atoms with Crippen molar-refractivity contribution in [3.05, 3.63) is 101 Å². The SMILES string of the molecule is CCOc1ccc(OCc2cccc(C(=O)Nc3c(C)nn(Cc4cccc(OC)c4)c3C)c2)cc1. The number of nitrogens with one attached hydrogen (secondary N) is 1. The van der Waals surface area contributed by atoms with Gasteiger partial charge in [-0.15, -0.1) is 0 Å². The van der Waals surface area contributed by atoms with E-state index in [1.165, 1.54) is 0 Å². The number of hydrogen-bond acceptors (Lipinski definition) is 5. The average Bonchev–Trinajstić information content (AvgIpc) is 3.16. The van der Waals surface area contributed by atoms with E-state index in [1.807, 2.05) is 92.2 Å². The molecular formula is C29H31N3O4. The number of anilines is 1. The zero-order valence-electron chi connectivity index (χ0n) is 21.1. The van der Waals surface area contributed by atoms with Crippen molar-refractivity contribution in [2.24, 2.45) is 0 Å². The van der Waals surface area contributed by atoms with E-state index in [1.54, 1.807) is 13.2 Å². The molecule has 0 radical (unpaired) electrons. The zero-order valence-corrected chi connectivity index (χ0v) is 21.1. The van der Waals surface area contributed by atoms with Crippen LogP contribution in [0.1, 0.15) is 39.8 Å². The van der Waals surface area contributed by atoms with Crippen molar-refractivity contribution >= 4 is 11.6 Å². The van der Waals surface area contributed by atoms with E-state index < -0.39 is 0 Å². The molecule has 186 valence electrons. The predicted octanol–water partition coefficient (Wildman–Crippen LogP) is 5.79. The summed E-state index contributed by atoms with van der Waals surface area (Å²) in [5.41, 5.74) is 4.90. The monoisotopic (exact) mass is 485 g/mol. The highest BCUT2D eigenvalue weighted by Gasteiger charge is 2.16. The Labute approximate surface area is 211 Å². The summed E-state index contributed by atoms with van der Waals surface area (Å²) in [4.78, 5) is 13.1. The molecule has 0 saturated heterocycles. The summed E-state index contributed by atoms with van der Waals surface area (Å²) >= 11 is 0. The Hall–Kier alpha value is -4.26. The molecule has 7 heteroatoms. The first-order valence-electron chi connectivity index (χ1n) is 11.9. The second kappa shape index (κ2) is 11.4. The number of carbonyl (C=O) groups is 1. The van der Waals surface area contributed by atoms with Crippen molar-refractivity contribution < 1.29 is 19.0 Å². The first kappa shape index (κ1) is 24.9. The van der Waals surface area contributed by atoms with E-state index >= 15 is 0 Å². The van der Waals surface area contributed by atoms with E-state index in [4.69, 9.17) is 14.2 Å². The van der Waals surface area contributed by atoms with Crippen LogP contribution in [-0.2, 0) is 13.2 Å². The topological polar surface area (TPSA) is 74.6 Å². The minimum atomic E-state index is -0.190. The number of hydrogen-bond donors (Lipinski definition) is 1. The fourth-order valence-corrected chi connectivity index (χ4v) is 3.93. The molecule has 3 aromatic carbocycles. The van der Waals surface area contributed by atoms with Gasteiger partial charge in [0.25, 0.3) is 5.91 Å². The summed E-state index contributed by atoms with van der Waals surface area (Å²) in [7, 11) is 1.65. The second-order valence-electron chi connectivity index (χ2n) is 8.40. The van der Waals surface area contributed by atoms with Crippen LogP contribution in [-0.4, -0.2) is 29.4 Å². The van der Waals surface area contributed by atoms with E-state index in [9.17, 15) is 4.79 Å². The molecule has 0 fully saturated rings. The summed E-state index contributed by atoms with van der Waals surface area (Å²) in [5.74, 6) is 2.16. The van der Waals surface area contributed by atoms with Crippen molar-refractivity contribution in [1.29, 1.82) is 0 Å². The molecule has 1 amide bonds. The summed E-state index contributed by atoms with van der Waals surface area (Å²) in [6, 6.07) is 22.8. The van der Waals surface area contributed by atoms with E-state index in [-0.39, 0.29) is 5.91 Å². The van der Waals surface area contributed by atoms with Gasteiger partial charge < -0.3 is 19.5 Å². The highest BCUT2D eigenvalue weighted by molar-refractivity contribution is 6.05. The number of rotatable bonds is 10. The molecule has 36 heavy (non-hydrogen) atoms. The lowest BCUT2D eigenvalue weighted by atomic mass is 10.1. The van der Waals surface area contributed by atoms with Gasteiger partial charge in [0.15, 0.2) is 0 Å². The van der Waals surface area contributed by atoms with Crippen molar-refractivity contribution in [3.63, 3.8) is 0 Å². The van der Waals surface area contributed by atoms with Crippen molar-refractivity contribution in [2.75, 3.05) is 19.0 Å². The predicted molar refractivity (Wildman–Crippen MR) is 140 cm³/mol. The smallest absolute Gasteiger partial charge is 0.255 e. The standard InChI is InChI=1S/C29H31N3O4/c1-5-35-25-12-14-26(15-13-25)36-19-23-9-6-10-24(16-23)29(33)30-28-20(2)31-32(21(28)3)18-22-8-7-11-27(17-22)34-4/h6-17H,5,18-19H2,1-4H3,(H,30,33). The van der Waals surface area contributed by atoms with Crippen LogP contribution in [0.25, 0.3) is 0 Å². The Kier molecular flexibility index (Phi) is 7.90. The third kappa shape index (κ3) is 6.05. The Balaban J connectivity index is 1.42. The van der Waals surface area contributed by atoms with Gasteiger partial charge in [-0.05, 0) is 80.4 Å². The lowest BCUT2D eigenvalue weighted by Crippen LogP contribution is -2.14. The van der Waals surface area contributed by atoms with Crippen LogP contribution in [0.5, 0.6) is 17.2 Å². The molecule has 0 spiro atoms. The maximum absolute atomic E-state index is 13.1. The third-order valence-electron chi connectivity index (χ3n) is 5.82. The molecule has 1 heterocycles. The van der Waals surface area contributed by atoms with Crippen LogP contribution < -0.4 is 19.5 Å². The lowest BCUT2D eigenvalue weighted by molar-refractivity contribution is 0.102. The maximum Gasteiger partial charge on any atom is 0.255 e. The minimum absolute atomic E-state index is 0.190. The summed E-state index contributed by atoms with van der Waals surface area (Å²) in [6.07, 6.45) is 0. The highest BCUT2D eigenvalue weighted by atomic mass is 16.5. The van der Waals surface area contributed by atoms with Gasteiger partial charge in [-0.25, -0.2) is 0 Å². The second-order valence-corrected chi connectivity index (χ2v) is 8.40. The van der Waals surface area contributed by atoms with Crippen LogP contribution >= 0.6 is 0 Å².